The number of rotatable bonds is 3. The quantitative estimate of drug-likeness (QED) is 0.817. The van der Waals surface area contributed by atoms with Crippen LogP contribution < -0.4 is 4.90 Å². The maximum atomic E-state index is 4.39. The van der Waals surface area contributed by atoms with Gasteiger partial charge in [0.15, 0.2) is 0 Å². The average molecular weight is 208 g/mol. The fourth-order valence-corrected chi connectivity index (χ4v) is 2.03. The van der Waals surface area contributed by atoms with Crippen molar-refractivity contribution in [2.45, 2.75) is 25.8 Å². The molecule has 0 bridgehead atoms. The fraction of sp³-hybridized carbons (Fsp3) is 0.727. The number of anilines is 1. The molecule has 0 radical (unpaired) electrons. The van der Waals surface area contributed by atoms with Gasteiger partial charge in [-0.1, -0.05) is 0 Å². The number of hydrogen-bond acceptors (Lipinski definition) is 3. The van der Waals surface area contributed by atoms with Crippen molar-refractivity contribution in [3.05, 3.63) is 12.0 Å². The van der Waals surface area contributed by atoms with Crippen molar-refractivity contribution in [1.29, 1.82) is 0 Å². The molecule has 0 amide bonds. The molecule has 0 atom stereocenters. The molecule has 0 saturated carbocycles. The summed E-state index contributed by atoms with van der Waals surface area (Å²) in [5.41, 5.74) is 0. The highest BCUT2D eigenvalue weighted by Crippen LogP contribution is 2.17. The molecule has 15 heavy (non-hydrogen) atoms. The molecule has 1 aliphatic heterocycles. The van der Waals surface area contributed by atoms with E-state index in [9.17, 15) is 0 Å². The second-order valence-corrected chi connectivity index (χ2v) is 4.50. The molecule has 1 aromatic heterocycles. The maximum absolute atomic E-state index is 4.39. The van der Waals surface area contributed by atoms with Gasteiger partial charge in [0.25, 0.3) is 0 Å². The van der Waals surface area contributed by atoms with E-state index in [0.29, 0.717) is 0 Å². The molecule has 4 heteroatoms. The van der Waals surface area contributed by atoms with Gasteiger partial charge in [0, 0.05) is 13.1 Å². The van der Waals surface area contributed by atoms with Crippen molar-refractivity contribution in [2.24, 2.45) is 0 Å². The fourth-order valence-electron chi connectivity index (χ4n) is 2.03. The number of hydrogen-bond donors (Lipinski definition) is 1. The van der Waals surface area contributed by atoms with Crippen LogP contribution in [0.1, 0.15) is 25.1 Å². The molecule has 1 fully saturated rings. The molecule has 2 rings (SSSR count). The molecule has 1 N–H and O–H groups in total. The standard InChI is InChI=1S/C11H20N4/c1-14(2)9-10-12-8-11(13-10)15-6-4-3-5-7-15/h8H,3-7,9H2,1-2H3,(H,12,13). The Hall–Kier alpha value is -1.03. The van der Waals surface area contributed by atoms with Crippen LogP contribution in [0.25, 0.3) is 0 Å². The minimum absolute atomic E-state index is 0.883. The zero-order valence-corrected chi connectivity index (χ0v) is 9.66. The van der Waals surface area contributed by atoms with E-state index < -0.39 is 0 Å². The monoisotopic (exact) mass is 208 g/mol. The Bertz CT molecular complexity index is 299. The van der Waals surface area contributed by atoms with Crippen LogP contribution in [0.2, 0.25) is 0 Å². The first-order valence-corrected chi connectivity index (χ1v) is 5.69. The summed E-state index contributed by atoms with van der Waals surface area (Å²) < 4.78 is 0. The van der Waals surface area contributed by atoms with Gasteiger partial charge in [-0.25, -0.2) is 4.98 Å². The molecule has 0 aliphatic carbocycles. The zero-order valence-electron chi connectivity index (χ0n) is 9.66. The Labute approximate surface area is 91.3 Å². The zero-order chi connectivity index (χ0) is 10.7. The molecule has 4 nitrogen and oxygen atoms in total. The topological polar surface area (TPSA) is 35.2 Å². The Morgan fingerprint density at radius 1 is 1.33 bits per heavy atom. The Morgan fingerprint density at radius 2 is 2.07 bits per heavy atom. The number of nitrogens with one attached hydrogen (secondary N) is 1. The van der Waals surface area contributed by atoms with Gasteiger partial charge in [0.1, 0.15) is 11.6 Å². The van der Waals surface area contributed by atoms with Crippen LogP contribution in [-0.2, 0) is 6.54 Å². The second kappa shape index (κ2) is 4.66. The van der Waals surface area contributed by atoms with Gasteiger partial charge in [-0.05, 0) is 33.4 Å². The first-order valence-electron chi connectivity index (χ1n) is 5.69. The Morgan fingerprint density at radius 3 is 2.73 bits per heavy atom. The van der Waals surface area contributed by atoms with E-state index in [4.69, 9.17) is 0 Å². The molecule has 2 heterocycles. The first kappa shape index (κ1) is 10.5. The summed E-state index contributed by atoms with van der Waals surface area (Å²) in [7, 11) is 4.12. The lowest BCUT2D eigenvalue weighted by Crippen LogP contribution is -2.29. The summed E-state index contributed by atoms with van der Waals surface area (Å²) in [5.74, 6) is 2.24. The average Bonchev–Trinajstić information content (AvgIpc) is 2.67. The lowest BCUT2D eigenvalue weighted by molar-refractivity contribution is 0.392. The summed E-state index contributed by atoms with van der Waals surface area (Å²) in [6.45, 7) is 3.22. The molecule has 1 aliphatic rings. The van der Waals surface area contributed by atoms with Gasteiger partial charge in [0.2, 0.25) is 0 Å². The van der Waals surface area contributed by atoms with Gasteiger partial charge in [-0.3, -0.25) is 0 Å². The number of aromatic nitrogens is 2. The Balaban J connectivity index is 1.99. The van der Waals surface area contributed by atoms with Crippen LogP contribution in [0.15, 0.2) is 6.20 Å². The van der Waals surface area contributed by atoms with Crippen LogP contribution in [0, 0.1) is 0 Å². The van der Waals surface area contributed by atoms with Crippen molar-refractivity contribution in [3.63, 3.8) is 0 Å². The molecule has 1 saturated heterocycles. The van der Waals surface area contributed by atoms with Crippen LogP contribution in [0.5, 0.6) is 0 Å². The van der Waals surface area contributed by atoms with Gasteiger partial charge in [-0.2, -0.15) is 0 Å². The van der Waals surface area contributed by atoms with Crippen molar-refractivity contribution >= 4 is 5.82 Å². The largest absolute Gasteiger partial charge is 0.357 e. The molecular weight excluding hydrogens is 188 g/mol. The molecule has 1 aromatic rings. The van der Waals surface area contributed by atoms with E-state index in [1.807, 2.05) is 6.20 Å². The highest BCUT2D eigenvalue weighted by molar-refractivity contribution is 5.37. The summed E-state index contributed by atoms with van der Waals surface area (Å²) in [4.78, 5) is 12.3. The first-order chi connectivity index (χ1) is 7.25. The number of imidazole rings is 1. The van der Waals surface area contributed by atoms with Gasteiger partial charge < -0.3 is 14.8 Å². The third kappa shape index (κ3) is 2.72. The third-order valence-electron chi connectivity index (χ3n) is 2.78. The van der Waals surface area contributed by atoms with E-state index in [1.54, 1.807) is 0 Å². The smallest absolute Gasteiger partial charge is 0.126 e. The lowest BCUT2D eigenvalue weighted by atomic mass is 10.1. The predicted molar refractivity (Wildman–Crippen MR) is 62.0 cm³/mol. The summed E-state index contributed by atoms with van der Waals surface area (Å²) >= 11 is 0. The van der Waals surface area contributed by atoms with Gasteiger partial charge in [0.05, 0.1) is 12.7 Å². The van der Waals surface area contributed by atoms with E-state index in [2.05, 4.69) is 33.9 Å². The minimum atomic E-state index is 0.883. The van der Waals surface area contributed by atoms with Crippen LogP contribution in [-0.4, -0.2) is 42.1 Å². The summed E-state index contributed by atoms with van der Waals surface area (Å²) in [6, 6.07) is 0. The van der Waals surface area contributed by atoms with Crippen LogP contribution in [0.4, 0.5) is 5.82 Å². The molecule has 0 unspecified atom stereocenters. The van der Waals surface area contributed by atoms with E-state index in [-0.39, 0.29) is 0 Å². The normalized spacial score (nSPS) is 17.4. The summed E-state index contributed by atoms with van der Waals surface area (Å²) in [5, 5.41) is 0. The number of nitrogens with zero attached hydrogens (tertiary/aromatic N) is 3. The molecule has 0 spiro atoms. The van der Waals surface area contributed by atoms with Crippen LogP contribution in [0.3, 0.4) is 0 Å². The molecule has 84 valence electrons. The summed E-state index contributed by atoms with van der Waals surface area (Å²) in [6.07, 6.45) is 5.95. The number of aromatic amines is 1. The lowest BCUT2D eigenvalue weighted by Gasteiger charge is -2.26. The van der Waals surface area contributed by atoms with Crippen molar-refractivity contribution in [2.75, 3.05) is 32.1 Å². The Kier molecular flexibility index (Phi) is 3.26. The van der Waals surface area contributed by atoms with E-state index >= 15 is 0 Å². The number of piperidine rings is 1. The molecular formula is C11H20N4. The van der Waals surface area contributed by atoms with Crippen LogP contribution >= 0.6 is 0 Å². The van der Waals surface area contributed by atoms with Crippen molar-refractivity contribution < 1.29 is 0 Å². The SMILES string of the molecule is CN(C)Cc1ncc(N2CCCCC2)[nH]1. The highest BCUT2D eigenvalue weighted by Gasteiger charge is 2.12. The van der Waals surface area contributed by atoms with Gasteiger partial charge in [-0.15, -0.1) is 0 Å². The van der Waals surface area contributed by atoms with Gasteiger partial charge >= 0.3 is 0 Å². The van der Waals surface area contributed by atoms with E-state index in [1.165, 1.54) is 38.2 Å². The minimum Gasteiger partial charge on any atom is -0.357 e. The maximum Gasteiger partial charge on any atom is 0.126 e. The van der Waals surface area contributed by atoms with Crippen molar-refractivity contribution in [3.8, 4) is 0 Å². The van der Waals surface area contributed by atoms with E-state index in [0.717, 1.165) is 12.4 Å². The second-order valence-electron chi connectivity index (χ2n) is 4.50. The third-order valence-corrected chi connectivity index (χ3v) is 2.78. The predicted octanol–water partition coefficient (Wildman–Crippen LogP) is 1.46. The number of H-pyrrole nitrogens is 1. The highest BCUT2D eigenvalue weighted by atomic mass is 15.2. The van der Waals surface area contributed by atoms with Crippen molar-refractivity contribution in [1.82, 2.24) is 14.9 Å². The molecule has 0 aromatic carbocycles.